The van der Waals surface area contributed by atoms with E-state index in [1.54, 1.807) is 43.3 Å². The predicted molar refractivity (Wildman–Crippen MR) is 157 cm³/mol. The number of hydrogen-bond acceptors (Lipinski definition) is 4. The molecule has 0 aliphatic carbocycles. The van der Waals surface area contributed by atoms with Gasteiger partial charge in [-0.3, -0.25) is 13.9 Å². The van der Waals surface area contributed by atoms with Crippen molar-refractivity contribution in [3.8, 4) is 0 Å². The third-order valence-corrected chi connectivity index (χ3v) is 8.23. The molecule has 1 atom stereocenters. The van der Waals surface area contributed by atoms with Crippen LogP contribution in [0.5, 0.6) is 0 Å². The Morgan fingerprint density at radius 2 is 1.55 bits per heavy atom. The summed E-state index contributed by atoms with van der Waals surface area (Å²) in [5, 5.41) is 4.18. The van der Waals surface area contributed by atoms with Crippen molar-refractivity contribution in [2.45, 2.75) is 72.0 Å². The van der Waals surface area contributed by atoms with Gasteiger partial charge in [-0.15, -0.1) is 0 Å². The van der Waals surface area contributed by atoms with Crippen molar-refractivity contribution >= 4 is 62.3 Å². The molecular formula is C27H36Cl3N3O4S. The fourth-order valence-electron chi connectivity index (χ4n) is 4.07. The maximum atomic E-state index is 13.6. The normalized spacial score (nSPS) is 12.7. The van der Waals surface area contributed by atoms with Crippen molar-refractivity contribution in [1.82, 2.24) is 10.2 Å². The highest BCUT2D eigenvalue weighted by molar-refractivity contribution is 7.92. The van der Waals surface area contributed by atoms with E-state index in [1.807, 2.05) is 27.7 Å². The van der Waals surface area contributed by atoms with Crippen molar-refractivity contribution in [1.29, 1.82) is 0 Å². The first kappa shape index (κ1) is 32.2. The van der Waals surface area contributed by atoms with Crippen LogP contribution >= 0.6 is 34.8 Å². The number of carbonyl (C=O) groups excluding carboxylic acids is 2. The zero-order valence-corrected chi connectivity index (χ0v) is 25.7. The van der Waals surface area contributed by atoms with E-state index < -0.39 is 21.6 Å². The summed E-state index contributed by atoms with van der Waals surface area (Å²) in [6.07, 6.45) is 1.71. The van der Waals surface area contributed by atoms with Crippen molar-refractivity contribution in [3.63, 3.8) is 0 Å². The number of anilines is 1. The summed E-state index contributed by atoms with van der Waals surface area (Å²) < 4.78 is 26.5. The molecule has 0 saturated heterocycles. The molecule has 2 aromatic carbocycles. The lowest BCUT2D eigenvalue weighted by molar-refractivity contribution is -0.142. The van der Waals surface area contributed by atoms with Crippen LogP contribution in [0.3, 0.4) is 0 Å². The maximum Gasteiger partial charge on any atom is 0.243 e. The number of amides is 2. The lowest BCUT2D eigenvalue weighted by atomic mass is 10.0. The topological polar surface area (TPSA) is 86.8 Å². The van der Waals surface area contributed by atoms with Gasteiger partial charge >= 0.3 is 0 Å². The van der Waals surface area contributed by atoms with E-state index in [2.05, 4.69) is 5.32 Å². The smallest absolute Gasteiger partial charge is 0.243 e. The number of rotatable bonds is 11. The fourth-order valence-corrected chi connectivity index (χ4v) is 5.78. The molecule has 0 fully saturated rings. The van der Waals surface area contributed by atoms with Crippen molar-refractivity contribution in [2.75, 3.05) is 17.1 Å². The second kappa shape index (κ2) is 13.4. The van der Waals surface area contributed by atoms with E-state index in [-0.39, 0.29) is 37.7 Å². The summed E-state index contributed by atoms with van der Waals surface area (Å²) in [6.45, 7) is 9.28. The molecule has 0 saturated carbocycles. The summed E-state index contributed by atoms with van der Waals surface area (Å²) in [4.78, 5) is 28.3. The largest absolute Gasteiger partial charge is 0.350 e. The van der Waals surface area contributed by atoms with Crippen LogP contribution < -0.4 is 9.62 Å². The van der Waals surface area contributed by atoms with E-state index in [4.69, 9.17) is 34.8 Å². The summed E-state index contributed by atoms with van der Waals surface area (Å²) in [7, 11) is -3.64. The summed E-state index contributed by atoms with van der Waals surface area (Å²) in [5.74, 6) is -0.600. The highest BCUT2D eigenvalue weighted by Gasteiger charge is 2.31. The molecule has 0 aromatic heterocycles. The molecule has 2 aromatic rings. The van der Waals surface area contributed by atoms with Crippen LogP contribution in [0.25, 0.3) is 0 Å². The van der Waals surface area contributed by atoms with Gasteiger partial charge in [-0.25, -0.2) is 8.42 Å². The van der Waals surface area contributed by atoms with Gasteiger partial charge in [0, 0.05) is 45.7 Å². The zero-order valence-electron chi connectivity index (χ0n) is 22.6. The Labute approximate surface area is 241 Å². The second-order valence-corrected chi connectivity index (χ2v) is 13.3. The molecular weight excluding hydrogens is 569 g/mol. The minimum atomic E-state index is -3.64. The SMILES string of the molecule is CC[C@@H](C(=O)NC(C)(C)C)N(Cc1c(Cl)cccc1Cl)C(=O)CCCN(c1cccc(Cl)c1C)S(C)(=O)=O. The summed E-state index contributed by atoms with van der Waals surface area (Å²) >= 11 is 19.0. The number of nitrogens with one attached hydrogen (secondary N) is 1. The van der Waals surface area contributed by atoms with Crippen LogP contribution in [0.15, 0.2) is 36.4 Å². The average molecular weight is 605 g/mol. The molecule has 1 N–H and O–H groups in total. The van der Waals surface area contributed by atoms with Crippen molar-refractivity contribution in [3.05, 3.63) is 62.6 Å². The van der Waals surface area contributed by atoms with Gasteiger partial charge < -0.3 is 10.2 Å². The van der Waals surface area contributed by atoms with Gasteiger partial charge in [0.25, 0.3) is 0 Å². The molecule has 2 amide bonds. The van der Waals surface area contributed by atoms with E-state index in [9.17, 15) is 18.0 Å². The van der Waals surface area contributed by atoms with Crippen LogP contribution in [-0.4, -0.2) is 49.5 Å². The van der Waals surface area contributed by atoms with Gasteiger partial charge in [0.05, 0.1) is 11.9 Å². The lowest BCUT2D eigenvalue weighted by Crippen LogP contribution is -2.53. The molecule has 11 heteroatoms. The van der Waals surface area contributed by atoms with E-state index in [0.29, 0.717) is 38.3 Å². The molecule has 0 aliphatic heterocycles. The molecule has 0 bridgehead atoms. The van der Waals surface area contributed by atoms with E-state index >= 15 is 0 Å². The molecule has 0 aliphatic rings. The zero-order chi connectivity index (χ0) is 28.8. The van der Waals surface area contributed by atoms with Crippen molar-refractivity contribution in [2.24, 2.45) is 0 Å². The third kappa shape index (κ3) is 8.76. The lowest BCUT2D eigenvalue weighted by Gasteiger charge is -2.33. The highest BCUT2D eigenvalue weighted by Crippen LogP contribution is 2.30. The Kier molecular flexibility index (Phi) is 11.3. The number of hydrogen-bond donors (Lipinski definition) is 1. The molecule has 38 heavy (non-hydrogen) atoms. The first-order valence-corrected chi connectivity index (χ1v) is 15.3. The molecule has 7 nitrogen and oxygen atoms in total. The molecule has 210 valence electrons. The number of benzene rings is 2. The second-order valence-electron chi connectivity index (χ2n) is 10.2. The van der Waals surface area contributed by atoms with Gasteiger partial charge in [-0.1, -0.05) is 53.9 Å². The Hall–Kier alpha value is -2.00. The van der Waals surface area contributed by atoms with Crippen LogP contribution in [0.2, 0.25) is 15.1 Å². The molecule has 0 unspecified atom stereocenters. The first-order valence-electron chi connectivity index (χ1n) is 12.3. The monoisotopic (exact) mass is 603 g/mol. The van der Waals surface area contributed by atoms with Crippen LogP contribution in [-0.2, 0) is 26.2 Å². The number of nitrogens with zero attached hydrogens (tertiary/aromatic N) is 2. The highest BCUT2D eigenvalue weighted by atomic mass is 35.5. The van der Waals surface area contributed by atoms with Crippen LogP contribution in [0.4, 0.5) is 5.69 Å². The van der Waals surface area contributed by atoms with E-state index in [1.165, 1.54) is 9.21 Å². The Morgan fingerprint density at radius 1 is 1.00 bits per heavy atom. The van der Waals surface area contributed by atoms with Gasteiger partial charge in [0.15, 0.2) is 0 Å². The Bertz CT molecular complexity index is 1240. The molecule has 2 rings (SSSR count). The standard InChI is InChI=1S/C27H36Cl3N3O4S/c1-7-23(26(35)31-27(3,4)5)32(17-19-21(29)12-8-13-22(19)30)25(34)15-10-16-33(38(6,36)37)24-14-9-11-20(28)18(24)2/h8-9,11-14,23H,7,10,15-17H2,1-6H3,(H,31,35)/t23-/m0/s1. The number of carbonyl (C=O) groups is 2. The Morgan fingerprint density at radius 3 is 2.08 bits per heavy atom. The van der Waals surface area contributed by atoms with Crippen LogP contribution in [0, 0.1) is 6.92 Å². The average Bonchev–Trinajstić information content (AvgIpc) is 2.78. The van der Waals surface area contributed by atoms with Crippen LogP contribution in [0.1, 0.15) is 58.1 Å². The van der Waals surface area contributed by atoms with E-state index in [0.717, 1.165) is 6.26 Å². The minimum Gasteiger partial charge on any atom is -0.350 e. The molecule has 0 radical (unpaired) electrons. The quantitative estimate of drug-likeness (QED) is 0.330. The molecule has 0 spiro atoms. The van der Waals surface area contributed by atoms with Gasteiger partial charge in [0.2, 0.25) is 21.8 Å². The number of sulfonamides is 1. The predicted octanol–water partition coefficient (Wildman–Crippen LogP) is 6.22. The summed E-state index contributed by atoms with van der Waals surface area (Å²) in [6, 6.07) is 9.35. The number of halogens is 3. The third-order valence-electron chi connectivity index (χ3n) is 5.93. The summed E-state index contributed by atoms with van der Waals surface area (Å²) in [5.41, 5.74) is 1.14. The van der Waals surface area contributed by atoms with Gasteiger partial charge in [-0.05, 0) is 70.4 Å². The fraction of sp³-hybridized carbons (Fsp3) is 0.481. The van der Waals surface area contributed by atoms with Gasteiger partial charge in [0.1, 0.15) is 6.04 Å². The molecule has 0 heterocycles. The van der Waals surface area contributed by atoms with Crippen molar-refractivity contribution < 1.29 is 18.0 Å². The first-order chi connectivity index (χ1) is 17.6. The van der Waals surface area contributed by atoms with Gasteiger partial charge in [-0.2, -0.15) is 0 Å². The maximum absolute atomic E-state index is 13.6. The minimum absolute atomic E-state index is 0.00695. The Balaban J connectivity index is 2.33.